The fourth-order valence-electron chi connectivity index (χ4n) is 3.10. The summed E-state index contributed by atoms with van der Waals surface area (Å²) in [6.45, 7) is 11.2. The Kier molecular flexibility index (Phi) is 3.68. The van der Waals surface area contributed by atoms with Crippen molar-refractivity contribution in [3.8, 4) is 11.3 Å². The molecule has 0 bridgehead atoms. The second-order valence-electron chi connectivity index (χ2n) is 7.13. The minimum Gasteiger partial charge on any atom is -0.360 e. The van der Waals surface area contributed by atoms with Gasteiger partial charge in [-0.3, -0.25) is 0 Å². The predicted octanol–water partition coefficient (Wildman–Crippen LogP) is 6.51. The van der Waals surface area contributed by atoms with Crippen LogP contribution < -0.4 is 0 Å². The Morgan fingerprint density at radius 2 is 1.59 bits per heavy atom. The second kappa shape index (κ2) is 5.27. The van der Waals surface area contributed by atoms with E-state index in [9.17, 15) is 0 Å². The van der Waals surface area contributed by atoms with Gasteiger partial charge in [0.15, 0.2) is 0 Å². The molecular weight excluding hydrogens is 334 g/mol. The van der Waals surface area contributed by atoms with Crippen LogP contribution in [0.25, 0.3) is 22.0 Å². The number of hydrogen-bond donors (Lipinski definition) is 1. The van der Waals surface area contributed by atoms with E-state index >= 15 is 0 Å². The Balaban J connectivity index is 2.25. The van der Waals surface area contributed by atoms with Gasteiger partial charge in [0.1, 0.15) is 0 Å². The quantitative estimate of drug-likeness (QED) is 0.511. The van der Waals surface area contributed by atoms with Crippen LogP contribution in [-0.4, -0.2) is 4.98 Å². The monoisotopic (exact) mass is 355 g/mol. The van der Waals surface area contributed by atoms with E-state index in [-0.39, 0.29) is 5.41 Å². The molecule has 0 saturated heterocycles. The molecule has 0 spiro atoms. The Bertz CT molecular complexity index is 827. The Labute approximate surface area is 140 Å². The van der Waals surface area contributed by atoms with Crippen LogP contribution in [0.1, 0.15) is 37.5 Å². The van der Waals surface area contributed by atoms with Crippen molar-refractivity contribution in [1.29, 1.82) is 0 Å². The molecule has 0 fully saturated rings. The van der Waals surface area contributed by atoms with Crippen molar-refractivity contribution < 1.29 is 0 Å². The van der Waals surface area contributed by atoms with Crippen LogP contribution in [0, 0.1) is 13.8 Å². The molecule has 1 aromatic heterocycles. The van der Waals surface area contributed by atoms with E-state index in [4.69, 9.17) is 0 Å². The lowest BCUT2D eigenvalue weighted by Gasteiger charge is -2.22. The molecule has 0 amide bonds. The van der Waals surface area contributed by atoms with Gasteiger partial charge in [-0.1, -0.05) is 54.9 Å². The largest absolute Gasteiger partial charge is 0.360 e. The van der Waals surface area contributed by atoms with E-state index < -0.39 is 0 Å². The SMILES string of the molecule is Cc1cc(C(C)(C)C)cc(C)c1-c1[nH]cc2ccc(Br)cc12. The number of hydrogen-bond acceptors (Lipinski definition) is 0. The summed E-state index contributed by atoms with van der Waals surface area (Å²) in [6.07, 6.45) is 2.09. The number of halogens is 1. The summed E-state index contributed by atoms with van der Waals surface area (Å²) in [4.78, 5) is 3.48. The first-order valence-electron chi connectivity index (χ1n) is 7.66. The highest BCUT2D eigenvalue weighted by atomic mass is 79.9. The average molecular weight is 356 g/mol. The Hall–Kier alpha value is -1.54. The molecule has 0 unspecified atom stereocenters. The average Bonchev–Trinajstić information content (AvgIpc) is 2.80. The maximum Gasteiger partial charge on any atom is 0.0539 e. The molecule has 1 N–H and O–H groups in total. The van der Waals surface area contributed by atoms with Crippen molar-refractivity contribution in [3.63, 3.8) is 0 Å². The molecule has 2 aromatic carbocycles. The van der Waals surface area contributed by atoms with Gasteiger partial charge in [-0.25, -0.2) is 0 Å². The number of aryl methyl sites for hydroxylation is 2. The first-order chi connectivity index (χ1) is 10.3. The van der Waals surface area contributed by atoms with E-state index in [0.29, 0.717) is 0 Å². The van der Waals surface area contributed by atoms with Crippen LogP contribution in [0.4, 0.5) is 0 Å². The molecule has 114 valence electrons. The molecule has 0 aliphatic carbocycles. The number of aromatic nitrogens is 1. The molecule has 2 heteroatoms. The number of aromatic amines is 1. The number of nitrogens with one attached hydrogen (secondary N) is 1. The standard InChI is InChI=1S/C20H22BrN/c1-12-8-15(20(3,4)5)9-13(2)18(12)19-17-10-16(21)7-6-14(17)11-22-19/h6-11,22H,1-5H3. The van der Waals surface area contributed by atoms with Crippen molar-refractivity contribution in [3.05, 3.63) is 57.7 Å². The molecule has 0 aliphatic heterocycles. The first kappa shape index (κ1) is 15.4. The Morgan fingerprint density at radius 3 is 2.18 bits per heavy atom. The zero-order valence-corrected chi connectivity index (χ0v) is 15.4. The van der Waals surface area contributed by atoms with Gasteiger partial charge in [0.05, 0.1) is 5.69 Å². The molecule has 3 rings (SSSR count). The van der Waals surface area contributed by atoms with Gasteiger partial charge in [-0.2, -0.15) is 0 Å². The van der Waals surface area contributed by atoms with Crippen LogP contribution in [0.3, 0.4) is 0 Å². The summed E-state index contributed by atoms with van der Waals surface area (Å²) in [5.74, 6) is 0. The first-order valence-corrected chi connectivity index (χ1v) is 8.45. The molecule has 1 nitrogen and oxygen atoms in total. The molecule has 0 radical (unpaired) electrons. The summed E-state index contributed by atoms with van der Waals surface area (Å²) < 4.78 is 1.11. The summed E-state index contributed by atoms with van der Waals surface area (Å²) in [5.41, 5.74) is 6.76. The van der Waals surface area contributed by atoms with Crippen molar-refractivity contribution >= 4 is 26.7 Å². The maximum absolute atomic E-state index is 3.58. The van der Waals surface area contributed by atoms with Gasteiger partial charge in [0, 0.05) is 21.6 Å². The van der Waals surface area contributed by atoms with Gasteiger partial charge in [-0.15, -0.1) is 0 Å². The number of H-pyrrole nitrogens is 1. The van der Waals surface area contributed by atoms with Gasteiger partial charge >= 0.3 is 0 Å². The van der Waals surface area contributed by atoms with Crippen LogP contribution >= 0.6 is 15.9 Å². The minimum absolute atomic E-state index is 0.175. The topological polar surface area (TPSA) is 15.8 Å². The van der Waals surface area contributed by atoms with Crippen molar-refractivity contribution in [1.82, 2.24) is 4.98 Å². The van der Waals surface area contributed by atoms with Gasteiger partial charge < -0.3 is 4.98 Å². The fourth-order valence-corrected chi connectivity index (χ4v) is 3.46. The van der Waals surface area contributed by atoms with Crippen LogP contribution in [0.2, 0.25) is 0 Å². The summed E-state index contributed by atoms with van der Waals surface area (Å²) in [7, 11) is 0. The fraction of sp³-hybridized carbons (Fsp3) is 0.300. The van der Waals surface area contributed by atoms with E-state index in [1.54, 1.807) is 0 Å². The van der Waals surface area contributed by atoms with Crippen molar-refractivity contribution in [2.75, 3.05) is 0 Å². The third-order valence-electron chi connectivity index (χ3n) is 4.31. The third kappa shape index (κ3) is 2.61. The van der Waals surface area contributed by atoms with Crippen LogP contribution in [0.15, 0.2) is 41.0 Å². The minimum atomic E-state index is 0.175. The molecule has 1 heterocycles. The van der Waals surface area contributed by atoms with E-state index in [1.807, 2.05) is 0 Å². The molecule has 3 aromatic rings. The number of benzene rings is 2. The van der Waals surface area contributed by atoms with Gasteiger partial charge in [-0.05, 0) is 53.5 Å². The highest BCUT2D eigenvalue weighted by Gasteiger charge is 2.18. The smallest absolute Gasteiger partial charge is 0.0539 e. The number of rotatable bonds is 1. The lowest BCUT2D eigenvalue weighted by atomic mass is 9.83. The summed E-state index contributed by atoms with van der Waals surface area (Å²) in [6, 6.07) is 11.1. The molecule has 22 heavy (non-hydrogen) atoms. The highest BCUT2D eigenvalue weighted by molar-refractivity contribution is 9.10. The predicted molar refractivity (Wildman–Crippen MR) is 99.6 cm³/mol. The molecule has 0 aliphatic rings. The van der Waals surface area contributed by atoms with Gasteiger partial charge in [0.25, 0.3) is 0 Å². The van der Waals surface area contributed by atoms with Crippen molar-refractivity contribution in [2.24, 2.45) is 0 Å². The zero-order chi connectivity index (χ0) is 16.1. The molecule has 0 atom stereocenters. The normalized spacial score (nSPS) is 12.1. The summed E-state index contributed by atoms with van der Waals surface area (Å²) in [5, 5.41) is 2.51. The van der Waals surface area contributed by atoms with Crippen LogP contribution in [-0.2, 0) is 5.41 Å². The van der Waals surface area contributed by atoms with E-state index in [0.717, 1.165) is 4.47 Å². The van der Waals surface area contributed by atoms with Gasteiger partial charge in [0.2, 0.25) is 0 Å². The van der Waals surface area contributed by atoms with Crippen LogP contribution in [0.5, 0.6) is 0 Å². The second-order valence-corrected chi connectivity index (χ2v) is 8.05. The maximum atomic E-state index is 3.58. The molecular formula is C20H22BrN. The summed E-state index contributed by atoms with van der Waals surface area (Å²) >= 11 is 3.58. The third-order valence-corrected chi connectivity index (χ3v) is 4.80. The highest BCUT2D eigenvalue weighted by Crippen LogP contribution is 2.36. The lowest BCUT2D eigenvalue weighted by molar-refractivity contribution is 0.589. The van der Waals surface area contributed by atoms with E-state index in [1.165, 1.54) is 38.7 Å². The zero-order valence-electron chi connectivity index (χ0n) is 13.8. The van der Waals surface area contributed by atoms with Crippen molar-refractivity contribution in [2.45, 2.75) is 40.0 Å². The number of fused-ring (bicyclic) bond motifs is 1. The Morgan fingerprint density at radius 1 is 0.955 bits per heavy atom. The molecule has 0 saturated carbocycles. The lowest BCUT2D eigenvalue weighted by Crippen LogP contribution is -2.12. The van der Waals surface area contributed by atoms with E-state index in [2.05, 4.69) is 92.1 Å².